The molecule has 2 aromatic carbocycles. The molecule has 0 radical (unpaired) electrons. The van der Waals surface area contributed by atoms with Crippen LogP contribution in [-0.2, 0) is 9.59 Å². The van der Waals surface area contributed by atoms with E-state index in [1.165, 1.54) is 4.90 Å². The molecule has 23 heavy (non-hydrogen) atoms. The summed E-state index contributed by atoms with van der Waals surface area (Å²) in [7, 11) is 0. The molecule has 0 fully saturated rings. The van der Waals surface area contributed by atoms with Crippen LogP contribution < -0.4 is 4.90 Å². The van der Waals surface area contributed by atoms with Gasteiger partial charge in [-0.3, -0.25) is 19.5 Å². The van der Waals surface area contributed by atoms with E-state index in [4.69, 9.17) is 5.11 Å². The van der Waals surface area contributed by atoms with Crippen molar-refractivity contribution in [3.8, 4) is 5.75 Å². The van der Waals surface area contributed by atoms with Crippen LogP contribution in [0.1, 0.15) is 11.1 Å². The van der Waals surface area contributed by atoms with E-state index in [0.717, 1.165) is 0 Å². The van der Waals surface area contributed by atoms with Crippen molar-refractivity contribution in [2.75, 3.05) is 18.0 Å². The predicted molar refractivity (Wildman–Crippen MR) is 85.0 cm³/mol. The number of aliphatic imine (C=N–C) groups is 1. The number of benzene rings is 2. The van der Waals surface area contributed by atoms with Crippen molar-refractivity contribution >= 4 is 23.3 Å². The molecule has 0 spiro atoms. The van der Waals surface area contributed by atoms with E-state index in [1.807, 2.05) is 0 Å². The molecule has 6 heteroatoms. The maximum absolute atomic E-state index is 12.3. The first-order valence-electron chi connectivity index (χ1n) is 7.01. The van der Waals surface area contributed by atoms with Crippen LogP contribution in [0.15, 0.2) is 53.5 Å². The number of para-hydroxylation sites is 1. The average molecular weight is 310 g/mol. The third-order valence-electron chi connectivity index (χ3n) is 3.54. The van der Waals surface area contributed by atoms with Crippen LogP contribution in [0.3, 0.4) is 0 Å². The number of carbonyl (C=O) groups is 2. The minimum atomic E-state index is -1.09. The minimum absolute atomic E-state index is 0.0978. The number of phenolic OH excluding ortho intramolecular Hbond substituents is 1. The standard InChI is InChI=1S/C17H14N2O4/c20-12-5-3-4-11(8-12)17-13-6-1-2-7-14(13)19(10-16(22)23)15(21)9-18-17/h1-8,20H,9-10H2,(H,22,23). The normalized spacial score (nSPS) is 14.0. The molecule has 3 rings (SSSR count). The van der Waals surface area contributed by atoms with Crippen LogP contribution in [0.2, 0.25) is 0 Å². The van der Waals surface area contributed by atoms with Gasteiger partial charge in [-0.2, -0.15) is 0 Å². The molecular formula is C17H14N2O4. The van der Waals surface area contributed by atoms with Gasteiger partial charge in [0.05, 0.1) is 11.4 Å². The summed E-state index contributed by atoms with van der Waals surface area (Å²) in [5.41, 5.74) is 2.38. The van der Waals surface area contributed by atoms with Gasteiger partial charge in [0.15, 0.2) is 0 Å². The van der Waals surface area contributed by atoms with Crippen LogP contribution in [0.4, 0.5) is 5.69 Å². The van der Waals surface area contributed by atoms with Gasteiger partial charge in [0.2, 0.25) is 5.91 Å². The quantitative estimate of drug-likeness (QED) is 0.902. The molecular weight excluding hydrogens is 296 g/mol. The molecule has 0 bridgehead atoms. The second kappa shape index (κ2) is 5.92. The number of benzodiazepines with no additional fused rings is 1. The second-order valence-electron chi connectivity index (χ2n) is 5.11. The highest BCUT2D eigenvalue weighted by Gasteiger charge is 2.26. The lowest BCUT2D eigenvalue weighted by Gasteiger charge is -2.21. The third kappa shape index (κ3) is 2.91. The van der Waals surface area contributed by atoms with Gasteiger partial charge in [0.1, 0.15) is 18.8 Å². The third-order valence-corrected chi connectivity index (χ3v) is 3.54. The van der Waals surface area contributed by atoms with E-state index < -0.39 is 12.5 Å². The number of hydrogen-bond donors (Lipinski definition) is 2. The predicted octanol–water partition coefficient (Wildman–Crippen LogP) is 1.66. The number of aliphatic carboxylic acids is 1. The van der Waals surface area contributed by atoms with Crippen molar-refractivity contribution in [2.45, 2.75) is 0 Å². The zero-order valence-corrected chi connectivity index (χ0v) is 12.1. The molecule has 0 aliphatic carbocycles. The van der Waals surface area contributed by atoms with Crippen LogP contribution in [0.25, 0.3) is 0 Å². The van der Waals surface area contributed by atoms with Gasteiger partial charge < -0.3 is 10.2 Å². The second-order valence-corrected chi connectivity index (χ2v) is 5.11. The van der Waals surface area contributed by atoms with Crippen molar-refractivity contribution in [2.24, 2.45) is 4.99 Å². The molecule has 2 N–H and O–H groups in total. The molecule has 1 amide bonds. The van der Waals surface area contributed by atoms with Crippen molar-refractivity contribution in [3.63, 3.8) is 0 Å². The van der Waals surface area contributed by atoms with Crippen molar-refractivity contribution < 1.29 is 19.8 Å². The number of carboxylic acid groups (broad SMARTS) is 1. The lowest BCUT2D eigenvalue weighted by Crippen LogP contribution is -2.37. The maximum Gasteiger partial charge on any atom is 0.323 e. The van der Waals surface area contributed by atoms with Crippen molar-refractivity contribution in [3.05, 3.63) is 59.7 Å². The molecule has 0 saturated heterocycles. The Morgan fingerprint density at radius 1 is 1.17 bits per heavy atom. The summed E-state index contributed by atoms with van der Waals surface area (Å²) in [5, 5.41) is 18.7. The number of phenols is 1. The summed E-state index contributed by atoms with van der Waals surface area (Å²) in [6.07, 6.45) is 0. The topological polar surface area (TPSA) is 90.2 Å². The minimum Gasteiger partial charge on any atom is -0.508 e. The fourth-order valence-electron chi connectivity index (χ4n) is 2.57. The number of fused-ring (bicyclic) bond motifs is 1. The molecule has 1 aliphatic rings. The zero-order valence-electron chi connectivity index (χ0n) is 12.1. The van der Waals surface area contributed by atoms with Gasteiger partial charge >= 0.3 is 5.97 Å². The molecule has 0 aromatic heterocycles. The Morgan fingerprint density at radius 3 is 2.70 bits per heavy atom. The van der Waals surface area contributed by atoms with Gasteiger partial charge in [-0.1, -0.05) is 30.3 Å². The van der Waals surface area contributed by atoms with Crippen molar-refractivity contribution in [1.29, 1.82) is 0 Å². The first kappa shape index (κ1) is 14.8. The molecule has 0 unspecified atom stereocenters. The number of rotatable bonds is 3. The van der Waals surface area contributed by atoms with Crippen LogP contribution in [-0.4, -0.2) is 40.9 Å². The Hall–Kier alpha value is -3.15. The Balaban J connectivity index is 2.15. The Kier molecular flexibility index (Phi) is 3.80. The van der Waals surface area contributed by atoms with E-state index in [1.54, 1.807) is 48.5 Å². The lowest BCUT2D eigenvalue weighted by atomic mass is 10.00. The van der Waals surface area contributed by atoms with Crippen LogP contribution in [0, 0.1) is 0 Å². The van der Waals surface area contributed by atoms with Crippen molar-refractivity contribution in [1.82, 2.24) is 0 Å². The SMILES string of the molecule is O=C(O)CN1C(=O)CN=C(c2cccc(O)c2)c2ccccc21. The maximum atomic E-state index is 12.3. The number of anilines is 1. The highest BCUT2D eigenvalue weighted by Crippen LogP contribution is 2.27. The number of amides is 1. The largest absolute Gasteiger partial charge is 0.508 e. The fourth-order valence-corrected chi connectivity index (χ4v) is 2.57. The number of carboxylic acids is 1. The molecule has 0 atom stereocenters. The van der Waals surface area contributed by atoms with E-state index in [0.29, 0.717) is 22.5 Å². The Bertz CT molecular complexity index is 814. The van der Waals surface area contributed by atoms with Gasteiger partial charge in [0.25, 0.3) is 0 Å². The number of carbonyl (C=O) groups excluding carboxylic acids is 1. The van der Waals surface area contributed by atoms with Crippen LogP contribution >= 0.6 is 0 Å². The smallest absolute Gasteiger partial charge is 0.323 e. The Morgan fingerprint density at radius 2 is 1.96 bits per heavy atom. The highest BCUT2D eigenvalue weighted by atomic mass is 16.4. The first-order valence-corrected chi connectivity index (χ1v) is 7.01. The zero-order chi connectivity index (χ0) is 16.4. The lowest BCUT2D eigenvalue weighted by molar-refractivity contribution is -0.136. The summed E-state index contributed by atoms with van der Waals surface area (Å²) >= 11 is 0. The molecule has 116 valence electrons. The molecule has 1 heterocycles. The highest BCUT2D eigenvalue weighted by molar-refractivity contribution is 6.20. The summed E-state index contributed by atoms with van der Waals surface area (Å²) < 4.78 is 0. The van der Waals surface area contributed by atoms with Crippen LogP contribution in [0.5, 0.6) is 5.75 Å². The number of nitrogens with zero attached hydrogens (tertiary/aromatic N) is 2. The molecule has 2 aromatic rings. The molecule has 0 saturated carbocycles. The molecule has 6 nitrogen and oxygen atoms in total. The van der Waals surface area contributed by atoms with E-state index in [2.05, 4.69) is 4.99 Å². The summed E-state index contributed by atoms with van der Waals surface area (Å²) in [4.78, 5) is 28.9. The summed E-state index contributed by atoms with van der Waals surface area (Å²) in [6.45, 7) is -0.564. The van der Waals surface area contributed by atoms with E-state index in [9.17, 15) is 14.7 Å². The van der Waals surface area contributed by atoms with E-state index in [-0.39, 0.29) is 18.2 Å². The van der Waals surface area contributed by atoms with Gasteiger partial charge in [-0.15, -0.1) is 0 Å². The Labute approximate surface area is 132 Å². The molecule has 1 aliphatic heterocycles. The summed E-state index contributed by atoms with van der Waals surface area (Å²) in [6, 6.07) is 13.6. The number of hydrogen-bond acceptors (Lipinski definition) is 4. The monoisotopic (exact) mass is 310 g/mol. The average Bonchev–Trinajstić information content (AvgIpc) is 2.65. The van der Waals surface area contributed by atoms with Gasteiger partial charge in [-0.25, -0.2) is 0 Å². The van der Waals surface area contributed by atoms with Gasteiger partial charge in [0, 0.05) is 11.1 Å². The first-order chi connectivity index (χ1) is 11.1. The fraction of sp³-hybridized carbons (Fsp3) is 0.118. The summed E-state index contributed by atoms with van der Waals surface area (Å²) in [5.74, 6) is -1.37. The van der Waals surface area contributed by atoms with Gasteiger partial charge in [-0.05, 0) is 18.2 Å². The van der Waals surface area contributed by atoms with E-state index >= 15 is 0 Å². The number of aromatic hydroxyl groups is 1.